The van der Waals surface area contributed by atoms with Gasteiger partial charge in [-0.15, -0.1) is 0 Å². The Labute approximate surface area is 106 Å². The fourth-order valence-corrected chi connectivity index (χ4v) is 1.60. The van der Waals surface area contributed by atoms with Crippen molar-refractivity contribution in [3.8, 4) is 0 Å². The first-order chi connectivity index (χ1) is 8.56. The second-order valence-corrected chi connectivity index (χ2v) is 4.10. The molecule has 0 amide bonds. The number of benzene rings is 1. The summed E-state index contributed by atoms with van der Waals surface area (Å²) in [5.41, 5.74) is 1.52. The van der Waals surface area contributed by atoms with Crippen LogP contribution < -0.4 is 10.6 Å². The van der Waals surface area contributed by atoms with Crippen molar-refractivity contribution < 1.29 is 9.66 Å². The van der Waals surface area contributed by atoms with E-state index in [-0.39, 0.29) is 11.7 Å². The van der Waals surface area contributed by atoms with Gasteiger partial charge < -0.3 is 15.4 Å². The molecule has 1 aromatic carbocycles. The smallest absolute Gasteiger partial charge is 0.273 e. The quantitative estimate of drug-likeness (QED) is 0.576. The molecule has 0 fully saturated rings. The topological polar surface area (TPSA) is 76.4 Å². The van der Waals surface area contributed by atoms with E-state index in [1.807, 2.05) is 13.0 Å². The van der Waals surface area contributed by atoms with Gasteiger partial charge in [-0.25, -0.2) is 0 Å². The van der Waals surface area contributed by atoms with Gasteiger partial charge in [0.2, 0.25) is 0 Å². The molecule has 0 aromatic heterocycles. The summed E-state index contributed by atoms with van der Waals surface area (Å²) in [4.78, 5) is 10.4. The Morgan fingerprint density at radius 1 is 1.39 bits per heavy atom. The molecular formula is C12H19N3O3. The van der Waals surface area contributed by atoms with Crippen LogP contribution in [0, 0.1) is 10.1 Å². The predicted molar refractivity (Wildman–Crippen MR) is 72.2 cm³/mol. The molecule has 0 bridgehead atoms. The van der Waals surface area contributed by atoms with E-state index in [2.05, 4.69) is 10.6 Å². The van der Waals surface area contributed by atoms with E-state index in [0.717, 1.165) is 12.1 Å². The number of nitrogens with zero attached hydrogens (tertiary/aromatic N) is 1. The minimum Gasteiger partial charge on any atom is -0.388 e. The highest BCUT2D eigenvalue weighted by Crippen LogP contribution is 2.24. The molecule has 100 valence electrons. The van der Waals surface area contributed by atoms with Crippen molar-refractivity contribution in [3.05, 3.63) is 28.3 Å². The first-order valence-electron chi connectivity index (χ1n) is 5.79. The van der Waals surface area contributed by atoms with Gasteiger partial charge in [0.25, 0.3) is 5.69 Å². The van der Waals surface area contributed by atoms with E-state index in [4.69, 9.17) is 4.74 Å². The lowest BCUT2D eigenvalue weighted by atomic mass is 10.2. The molecule has 1 unspecified atom stereocenters. The van der Waals surface area contributed by atoms with E-state index in [1.54, 1.807) is 14.2 Å². The fourth-order valence-electron chi connectivity index (χ4n) is 1.60. The predicted octanol–water partition coefficient (Wildman–Crippen LogP) is 2.47. The lowest BCUT2D eigenvalue weighted by Gasteiger charge is -2.15. The van der Waals surface area contributed by atoms with E-state index in [0.29, 0.717) is 12.3 Å². The number of hydrogen-bond donors (Lipinski definition) is 2. The average molecular weight is 253 g/mol. The van der Waals surface area contributed by atoms with Gasteiger partial charge in [0.05, 0.1) is 4.92 Å². The van der Waals surface area contributed by atoms with Crippen LogP contribution in [0.25, 0.3) is 0 Å². The maximum atomic E-state index is 10.8. The van der Waals surface area contributed by atoms with Crippen molar-refractivity contribution in [2.75, 3.05) is 31.4 Å². The van der Waals surface area contributed by atoms with Crippen LogP contribution in [0.1, 0.15) is 13.3 Å². The number of nitro groups is 1. The number of non-ortho nitro benzene ring substituents is 1. The molecule has 0 aliphatic rings. The summed E-state index contributed by atoms with van der Waals surface area (Å²) in [5, 5.41) is 16.9. The zero-order valence-corrected chi connectivity index (χ0v) is 10.9. The standard InChI is InChI=1S/C12H19N3O3/c1-9(4-5-18-3)14-11-6-10(13-2)7-12(8-11)15(16)17/h6-9,13-14H,4-5H2,1-3H3. The maximum absolute atomic E-state index is 10.8. The van der Waals surface area contributed by atoms with Crippen molar-refractivity contribution in [2.24, 2.45) is 0 Å². The number of methoxy groups -OCH3 is 1. The Morgan fingerprint density at radius 2 is 2.06 bits per heavy atom. The van der Waals surface area contributed by atoms with Crippen LogP contribution in [0.3, 0.4) is 0 Å². The molecule has 2 N–H and O–H groups in total. The second-order valence-electron chi connectivity index (χ2n) is 4.10. The van der Waals surface area contributed by atoms with Gasteiger partial charge in [0.15, 0.2) is 0 Å². The van der Waals surface area contributed by atoms with Crippen LogP contribution in [0.4, 0.5) is 17.1 Å². The minimum absolute atomic E-state index is 0.0725. The van der Waals surface area contributed by atoms with Crippen LogP contribution in [-0.4, -0.2) is 31.7 Å². The molecule has 1 rings (SSSR count). The zero-order valence-electron chi connectivity index (χ0n) is 10.9. The van der Waals surface area contributed by atoms with Crippen LogP contribution in [0.2, 0.25) is 0 Å². The fraction of sp³-hybridized carbons (Fsp3) is 0.500. The number of hydrogen-bond acceptors (Lipinski definition) is 5. The third kappa shape index (κ3) is 4.21. The average Bonchev–Trinajstić information content (AvgIpc) is 2.35. The van der Waals surface area contributed by atoms with Crippen molar-refractivity contribution in [1.82, 2.24) is 0 Å². The second kappa shape index (κ2) is 6.80. The number of nitrogens with one attached hydrogen (secondary N) is 2. The Kier molecular flexibility index (Phi) is 5.38. The highest BCUT2D eigenvalue weighted by atomic mass is 16.6. The molecule has 0 spiro atoms. The summed E-state index contributed by atoms with van der Waals surface area (Å²) in [6, 6.07) is 5.07. The van der Waals surface area contributed by atoms with Crippen LogP contribution >= 0.6 is 0 Å². The molecule has 0 aliphatic carbocycles. The molecule has 6 nitrogen and oxygen atoms in total. The van der Waals surface area contributed by atoms with E-state index in [1.165, 1.54) is 12.1 Å². The van der Waals surface area contributed by atoms with Gasteiger partial charge >= 0.3 is 0 Å². The van der Waals surface area contributed by atoms with Gasteiger partial charge in [0, 0.05) is 50.3 Å². The SMILES string of the molecule is CNc1cc(NC(C)CCOC)cc([N+](=O)[O-])c1. The van der Waals surface area contributed by atoms with Gasteiger partial charge in [-0.1, -0.05) is 0 Å². The van der Waals surface area contributed by atoms with Crippen LogP contribution in [0.5, 0.6) is 0 Å². The Hall–Kier alpha value is -1.82. The third-order valence-electron chi connectivity index (χ3n) is 2.59. The molecule has 0 saturated heterocycles. The molecule has 6 heteroatoms. The summed E-state index contributed by atoms with van der Waals surface area (Å²) >= 11 is 0. The van der Waals surface area contributed by atoms with E-state index in [9.17, 15) is 10.1 Å². The molecule has 0 saturated carbocycles. The normalized spacial score (nSPS) is 11.9. The Morgan fingerprint density at radius 3 is 2.61 bits per heavy atom. The number of nitro benzene ring substituents is 1. The minimum atomic E-state index is -0.397. The lowest BCUT2D eigenvalue weighted by molar-refractivity contribution is -0.384. The summed E-state index contributed by atoms with van der Waals surface area (Å²) in [6.07, 6.45) is 0.841. The highest BCUT2D eigenvalue weighted by Gasteiger charge is 2.10. The van der Waals surface area contributed by atoms with Gasteiger partial charge in [-0.3, -0.25) is 10.1 Å². The summed E-state index contributed by atoms with van der Waals surface area (Å²) in [7, 11) is 3.39. The van der Waals surface area contributed by atoms with E-state index < -0.39 is 4.92 Å². The molecule has 1 atom stereocenters. The van der Waals surface area contributed by atoms with E-state index >= 15 is 0 Å². The van der Waals surface area contributed by atoms with Crippen molar-refractivity contribution in [1.29, 1.82) is 0 Å². The Balaban J connectivity index is 2.81. The van der Waals surface area contributed by atoms with Gasteiger partial charge in [-0.05, 0) is 19.4 Å². The van der Waals surface area contributed by atoms with Crippen molar-refractivity contribution in [3.63, 3.8) is 0 Å². The molecular weight excluding hydrogens is 234 g/mol. The first-order valence-corrected chi connectivity index (χ1v) is 5.79. The maximum Gasteiger partial charge on any atom is 0.273 e. The lowest BCUT2D eigenvalue weighted by Crippen LogP contribution is -2.17. The van der Waals surface area contributed by atoms with Gasteiger partial charge in [0.1, 0.15) is 0 Å². The molecule has 1 aromatic rings. The molecule has 0 radical (unpaired) electrons. The molecule has 0 heterocycles. The largest absolute Gasteiger partial charge is 0.388 e. The van der Waals surface area contributed by atoms with Crippen LogP contribution in [-0.2, 0) is 4.74 Å². The van der Waals surface area contributed by atoms with Crippen molar-refractivity contribution >= 4 is 17.1 Å². The van der Waals surface area contributed by atoms with Gasteiger partial charge in [-0.2, -0.15) is 0 Å². The summed E-state index contributed by atoms with van der Waals surface area (Å²) < 4.78 is 5.00. The number of ether oxygens (including phenoxy) is 1. The number of rotatable bonds is 7. The monoisotopic (exact) mass is 253 g/mol. The third-order valence-corrected chi connectivity index (χ3v) is 2.59. The zero-order chi connectivity index (χ0) is 13.5. The summed E-state index contributed by atoms with van der Waals surface area (Å²) in [5.74, 6) is 0. The Bertz CT molecular complexity index is 410. The first kappa shape index (κ1) is 14.2. The van der Waals surface area contributed by atoms with Crippen molar-refractivity contribution in [2.45, 2.75) is 19.4 Å². The van der Waals surface area contributed by atoms with Crippen LogP contribution in [0.15, 0.2) is 18.2 Å². The summed E-state index contributed by atoms with van der Waals surface area (Å²) in [6.45, 7) is 2.67. The molecule has 18 heavy (non-hydrogen) atoms. The molecule has 0 aliphatic heterocycles. The number of anilines is 2. The highest BCUT2D eigenvalue weighted by molar-refractivity contribution is 5.63.